The summed E-state index contributed by atoms with van der Waals surface area (Å²) in [5, 5.41) is 0. The van der Waals surface area contributed by atoms with E-state index in [9.17, 15) is 0 Å². The van der Waals surface area contributed by atoms with Gasteiger partial charge in [0.25, 0.3) is 0 Å². The Morgan fingerprint density at radius 2 is 1.03 bits per heavy atom. The molecule has 0 saturated heterocycles. The van der Waals surface area contributed by atoms with Crippen molar-refractivity contribution in [3.05, 3.63) is 155 Å². The molecule has 1 aliphatic carbocycles. The molecule has 0 amide bonds. The molecule has 0 aliphatic heterocycles. The van der Waals surface area contributed by atoms with E-state index in [1.165, 1.54) is 50.1 Å². The highest BCUT2D eigenvalue weighted by molar-refractivity contribution is 5.88. The highest BCUT2D eigenvalue weighted by atomic mass is 14.5. The smallest absolute Gasteiger partial charge is 0.0622 e. The average molecular weight is 409 g/mol. The van der Waals surface area contributed by atoms with E-state index < -0.39 is 0 Å². The van der Waals surface area contributed by atoms with Crippen LogP contribution < -0.4 is 0 Å². The standard InChI is InChI=1S/C32H24/c1-23-11-10-12-24(21-23)25-19-20-31-29(22-25)28-17-8-9-18-30(28)32(31,26-13-4-2-5-14-26)27-15-6-3-7-16-27/h2-22H,1H3. The number of hydrogen-bond acceptors (Lipinski definition) is 0. The van der Waals surface area contributed by atoms with Crippen LogP contribution in [0.4, 0.5) is 0 Å². The molecule has 0 saturated carbocycles. The lowest BCUT2D eigenvalue weighted by molar-refractivity contribution is 0.768. The van der Waals surface area contributed by atoms with Gasteiger partial charge in [-0.3, -0.25) is 0 Å². The first-order valence-corrected chi connectivity index (χ1v) is 11.2. The first-order valence-electron chi connectivity index (χ1n) is 11.2. The van der Waals surface area contributed by atoms with E-state index in [0.29, 0.717) is 0 Å². The van der Waals surface area contributed by atoms with Crippen molar-refractivity contribution >= 4 is 0 Å². The molecule has 5 aromatic rings. The van der Waals surface area contributed by atoms with Crippen molar-refractivity contribution in [3.63, 3.8) is 0 Å². The Hall–Kier alpha value is -3.90. The van der Waals surface area contributed by atoms with Gasteiger partial charge in [0.05, 0.1) is 5.41 Å². The van der Waals surface area contributed by atoms with Crippen molar-refractivity contribution in [2.75, 3.05) is 0 Å². The van der Waals surface area contributed by atoms with Gasteiger partial charge in [-0.1, -0.05) is 127 Å². The summed E-state index contributed by atoms with van der Waals surface area (Å²) in [5.74, 6) is 0. The SMILES string of the molecule is Cc1cccc(-c2ccc3c(c2)-c2ccccc2C3(c2ccccc2)c2ccccc2)c1. The molecule has 6 rings (SSSR count). The average Bonchev–Trinajstić information content (AvgIpc) is 3.16. The maximum atomic E-state index is 2.39. The van der Waals surface area contributed by atoms with Gasteiger partial charge in [0.2, 0.25) is 0 Å². The molecule has 0 spiro atoms. The van der Waals surface area contributed by atoms with Crippen molar-refractivity contribution in [2.45, 2.75) is 12.3 Å². The van der Waals surface area contributed by atoms with Gasteiger partial charge in [0, 0.05) is 0 Å². The molecule has 32 heavy (non-hydrogen) atoms. The third kappa shape index (κ3) is 2.70. The molecule has 0 bridgehead atoms. The number of fused-ring (bicyclic) bond motifs is 3. The number of aryl methyl sites for hydroxylation is 1. The Balaban J connectivity index is 1.70. The lowest BCUT2D eigenvalue weighted by Gasteiger charge is -2.33. The summed E-state index contributed by atoms with van der Waals surface area (Å²) in [6, 6.07) is 46.6. The summed E-state index contributed by atoms with van der Waals surface area (Å²) in [6.45, 7) is 2.15. The molecule has 0 N–H and O–H groups in total. The molecule has 5 aromatic carbocycles. The lowest BCUT2D eigenvalue weighted by atomic mass is 9.67. The van der Waals surface area contributed by atoms with Gasteiger partial charge >= 0.3 is 0 Å². The Labute approximate surface area is 189 Å². The van der Waals surface area contributed by atoms with Crippen molar-refractivity contribution in [3.8, 4) is 22.3 Å². The third-order valence-corrected chi connectivity index (χ3v) is 6.81. The van der Waals surface area contributed by atoms with E-state index in [1.807, 2.05) is 0 Å². The number of benzene rings is 5. The largest absolute Gasteiger partial charge is 0.0713 e. The second kappa shape index (κ2) is 7.35. The van der Waals surface area contributed by atoms with Crippen LogP contribution in [0.25, 0.3) is 22.3 Å². The van der Waals surface area contributed by atoms with E-state index in [-0.39, 0.29) is 5.41 Å². The minimum absolute atomic E-state index is 0.320. The predicted octanol–water partition coefficient (Wildman–Crippen LogP) is 8.03. The van der Waals surface area contributed by atoms with Gasteiger partial charge in [0.15, 0.2) is 0 Å². The molecule has 0 radical (unpaired) electrons. The van der Waals surface area contributed by atoms with Gasteiger partial charge in [0.1, 0.15) is 0 Å². The summed E-state index contributed by atoms with van der Waals surface area (Å²) in [6.07, 6.45) is 0. The summed E-state index contributed by atoms with van der Waals surface area (Å²) in [7, 11) is 0. The Morgan fingerprint density at radius 3 is 1.72 bits per heavy atom. The van der Waals surface area contributed by atoms with Crippen molar-refractivity contribution in [1.82, 2.24) is 0 Å². The van der Waals surface area contributed by atoms with E-state index in [2.05, 4.69) is 134 Å². The first kappa shape index (κ1) is 18.8. The third-order valence-electron chi connectivity index (χ3n) is 6.81. The lowest BCUT2D eigenvalue weighted by Crippen LogP contribution is -2.28. The molecule has 0 atom stereocenters. The van der Waals surface area contributed by atoms with Crippen LogP contribution in [-0.2, 0) is 5.41 Å². The molecule has 152 valence electrons. The van der Waals surface area contributed by atoms with Crippen LogP contribution in [0.15, 0.2) is 127 Å². The highest BCUT2D eigenvalue weighted by Gasteiger charge is 2.45. The molecule has 0 fully saturated rings. The molecule has 0 unspecified atom stereocenters. The zero-order chi connectivity index (χ0) is 21.5. The van der Waals surface area contributed by atoms with Gasteiger partial charge in [-0.05, 0) is 57.5 Å². The minimum atomic E-state index is -0.320. The zero-order valence-electron chi connectivity index (χ0n) is 18.1. The zero-order valence-corrected chi connectivity index (χ0v) is 18.1. The highest BCUT2D eigenvalue weighted by Crippen LogP contribution is 2.56. The molecule has 1 aliphatic rings. The van der Waals surface area contributed by atoms with Crippen LogP contribution in [0.1, 0.15) is 27.8 Å². The van der Waals surface area contributed by atoms with Gasteiger partial charge in [-0.2, -0.15) is 0 Å². The molecule has 0 heterocycles. The quantitative estimate of drug-likeness (QED) is 0.278. The van der Waals surface area contributed by atoms with Gasteiger partial charge in [-0.25, -0.2) is 0 Å². The molecule has 0 nitrogen and oxygen atoms in total. The molecule has 0 aromatic heterocycles. The van der Waals surface area contributed by atoms with Crippen LogP contribution in [0.2, 0.25) is 0 Å². The van der Waals surface area contributed by atoms with Crippen LogP contribution in [-0.4, -0.2) is 0 Å². The fraction of sp³-hybridized carbons (Fsp3) is 0.0625. The monoisotopic (exact) mass is 408 g/mol. The van der Waals surface area contributed by atoms with E-state index in [4.69, 9.17) is 0 Å². The molecule has 0 heteroatoms. The number of rotatable bonds is 3. The maximum Gasteiger partial charge on any atom is 0.0713 e. The molecular formula is C32H24. The fourth-order valence-corrected chi connectivity index (χ4v) is 5.45. The first-order chi connectivity index (χ1) is 15.8. The van der Waals surface area contributed by atoms with Crippen LogP contribution in [0.5, 0.6) is 0 Å². The van der Waals surface area contributed by atoms with Crippen molar-refractivity contribution in [2.24, 2.45) is 0 Å². The normalized spacial score (nSPS) is 13.4. The maximum absolute atomic E-state index is 2.39. The second-order valence-electron chi connectivity index (χ2n) is 8.66. The minimum Gasteiger partial charge on any atom is -0.0622 e. The Bertz CT molecular complexity index is 1370. The summed E-state index contributed by atoms with van der Waals surface area (Å²) in [5.41, 5.74) is 11.5. The predicted molar refractivity (Wildman–Crippen MR) is 134 cm³/mol. The van der Waals surface area contributed by atoms with E-state index in [1.54, 1.807) is 0 Å². The summed E-state index contributed by atoms with van der Waals surface area (Å²) < 4.78 is 0. The van der Waals surface area contributed by atoms with Gasteiger partial charge in [-0.15, -0.1) is 0 Å². The number of hydrogen-bond donors (Lipinski definition) is 0. The Kier molecular flexibility index (Phi) is 4.33. The fourth-order valence-electron chi connectivity index (χ4n) is 5.45. The molecular weight excluding hydrogens is 384 g/mol. The van der Waals surface area contributed by atoms with Crippen LogP contribution >= 0.6 is 0 Å². The van der Waals surface area contributed by atoms with Crippen molar-refractivity contribution < 1.29 is 0 Å². The van der Waals surface area contributed by atoms with E-state index in [0.717, 1.165) is 0 Å². The van der Waals surface area contributed by atoms with Gasteiger partial charge < -0.3 is 0 Å². The topological polar surface area (TPSA) is 0 Å². The Morgan fingerprint density at radius 1 is 0.438 bits per heavy atom. The van der Waals surface area contributed by atoms with Crippen molar-refractivity contribution in [1.29, 1.82) is 0 Å². The van der Waals surface area contributed by atoms with E-state index >= 15 is 0 Å². The van der Waals surface area contributed by atoms with Crippen LogP contribution in [0.3, 0.4) is 0 Å². The summed E-state index contributed by atoms with van der Waals surface area (Å²) >= 11 is 0. The second-order valence-corrected chi connectivity index (χ2v) is 8.66. The summed E-state index contributed by atoms with van der Waals surface area (Å²) in [4.78, 5) is 0. The van der Waals surface area contributed by atoms with Crippen LogP contribution in [0, 0.1) is 6.92 Å².